The molecule has 0 aliphatic carbocycles. The van der Waals surface area contributed by atoms with Crippen LogP contribution in [0.1, 0.15) is 10.4 Å². The van der Waals surface area contributed by atoms with Gasteiger partial charge in [0.05, 0.1) is 10.5 Å². The number of esters is 1. The Kier molecular flexibility index (Phi) is 2.97. The molecule has 13 heavy (non-hydrogen) atoms. The minimum absolute atomic E-state index is 0.259. The highest BCUT2D eigenvalue weighted by Gasteiger charge is 2.10. The first-order valence-electron chi connectivity index (χ1n) is 3.43. The van der Waals surface area contributed by atoms with Crippen LogP contribution < -0.4 is 0 Å². The Hall–Kier alpha value is -1.91. The number of carbonyl (C=O) groups is 1. The summed E-state index contributed by atoms with van der Waals surface area (Å²) in [4.78, 5) is 20.0. The predicted molar refractivity (Wildman–Crippen MR) is 43.2 cm³/mol. The lowest BCUT2D eigenvalue weighted by molar-refractivity contribution is -0.468. The molecule has 0 aliphatic heterocycles. The van der Waals surface area contributed by atoms with E-state index in [0.29, 0.717) is 0 Å². The van der Waals surface area contributed by atoms with Crippen LogP contribution in [0.4, 0.5) is 0 Å². The van der Waals surface area contributed by atoms with E-state index in [1.807, 2.05) is 0 Å². The maximum atomic E-state index is 11.0. The molecule has 1 rings (SSSR count). The van der Waals surface area contributed by atoms with E-state index in [1.54, 1.807) is 18.2 Å². The van der Waals surface area contributed by atoms with E-state index in [4.69, 9.17) is 0 Å². The highest BCUT2D eigenvalue weighted by atomic mass is 16.7. The number of nitro groups is 1. The van der Waals surface area contributed by atoms with Crippen LogP contribution in [-0.2, 0) is 4.74 Å². The van der Waals surface area contributed by atoms with Crippen molar-refractivity contribution in [2.75, 3.05) is 0 Å². The van der Waals surface area contributed by atoms with Gasteiger partial charge in [0.25, 0.3) is 0 Å². The van der Waals surface area contributed by atoms with Crippen LogP contribution in [0.25, 0.3) is 0 Å². The fourth-order valence-corrected chi connectivity index (χ4v) is 0.733. The first-order valence-corrected chi connectivity index (χ1v) is 3.43. The van der Waals surface area contributed by atoms with Crippen molar-refractivity contribution in [3.05, 3.63) is 52.7 Å². The predicted octanol–water partition coefficient (Wildman–Crippen LogP) is 1.24. The minimum Gasteiger partial charge on any atom is -0.386 e. The summed E-state index contributed by atoms with van der Waals surface area (Å²) < 4.78 is 4.23. The molecule has 0 amide bonds. The van der Waals surface area contributed by atoms with E-state index < -0.39 is 10.9 Å². The second kappa shape index (κ2) is 4.20. The third-order valence-electron chi connectivity index (χ3n) is 1.26. The summed E-state index contributed by atoms with van der Waals surface area (Å²) in [5.74, 6) is -0.739. The van der Waals surface area contributed by atoms with Crippen LogP contribution in [0.15, 0.2) is 30.3 Å². The summed E-state index contributed by atoms with van der Waals surface area (Å²) in [7, 11) is 0. The standard InChI is InChI=1S/C8H6NO4/c10-8(13-6-9(11)12)7-4-2-1-3-5-7/h1-6H. The van der Waals surface area contributed by atoms with Gasteiger partial charge < -0.3 is 4.74 Å². The Morgan fingerprint density at radius 3 is 2.54 bits per heavy atom. The molecule has 5 nitrogen and oxygen atoms in total. The lowest BCUT2D eigenvalue weighted by Gasteiger charge is -1.96. The third kappa shape index (κ3) is 2.90. The molecule has 0 heterocycles. The van der Waals surface area contributed by atoms with Gasteiger partial charge in [-0.05, 0) is 12.1 Å². The Morgan fingerprint density at radius 1 is 1.38 bits per heavy atom. The maximum absolute atomic E-state index is 11.0. The molecule has 5 heteroatoms. The van der Waals surface area contributed by atoms with Crippen LogP contribution >= 0.6 is 0 Å². The van der Waals surface area contributed by atoms with Crippen molar-refractivity contribution in [2.24, 2.45) is 0 Å². The number of ether oxygens (including phenoxy) is 1. The maximum Gasteiger partial charge on any atom is 0.462 e. The van der Waals surface area contributed by atoms with Crippen molar-refractivity contribution in [3.63, 3.8) is 0 Å². The number of benzene rings is 1. The molecule has 0 atom stereocenters. The zero-order chi connectivity index (χ0) is 9.68. The van der Waals surface area contributed by atoms with E-state index in [2.05, 4.69) is 4.74 Å². The largest absolute Gasteiger partial charge is 0.462 e. The summed E-state index contributed by atoms with van der Waals surface area (Å²) in [6.07, 6.45) is 0. The lowest BCUT2D eigenvalue weighted by Crippen LogP contribution is -2.07. The first kappa shape index (κ1) is 9.18. The first-order chi connectivity index (χ1) is 6.20. The second-order valence-electron chi connectivity index (χ2n) is 2.16. The minimum atomic E-state index is -0.832. The summed E-state index contributed by atoms with van der Waals surface area (Å²) in [6, 6.07) is 8.03. The molecule has 0 saturated carbocycles. The number of rotatable bonds is 3. The Balaban J connectivity index is 2.54. The molecular formula is C8H6NO4. The molecule has 0 aromatic heterocycles. The number of hydrogen-bond donors (Lipinski definition) is 0. The monoisotopic (exact) mass is 180 g/mol. The Bertz CT molecular complexity index is 309. The zero-order valence-corrected chi connectivity index (χ0v) is 6.54. The molecule has 0 spiro atoms. The van der Waals surface area contributed by atoms with Crippen molar-refractivity contribution in [1.82, 2.24) is 0 Å². The molecule has 1 radical (unpaired) electrons. The van der Waals surface area contributed by atoms with Gasteiger partial charge >= 0.3 is 12.7 Å². The highest BCUT2D eigenvalue weighted by Crippen LogP contribution is 2.01. The van der Waals surface area contributed by atoms with E-state index in [0.717, 1.165) is 0 Å². The van der Waals surface area contributed by atoms with Gasteiger partial charge in [0.2, 0.25) is 0 Å². The normalized spacial score (nSPS) is 9.23. The topological polar surface area (TPSA) is 69.4 Å². The molecule has 0 fully saturated rings. The van der Waals surface area contributed by atoms with E-state index in [9.17, 15) is 14.9 Å². The van der Waals surface area contributed by atoms with Crippen LogP contribution in [0.5, 0.6) is 0 Å². The molecule has 0 aliphatic rings. The average Bonchev–Trinajstić information content (AvgIpc) is 2.15. The van der Waals surface area contributed by atoms with Crippen molar-refractivity contribution in [2.45, 2.75) is 0 Å². The van der Waals surface area contributed by atoms with Gasteiger partial charge in [0.1, 0.15) is 0 Å². The highest BCUT2D eigenvalue weighted by molar-refractivity contribution is 5.89. The fraction of sp³-hybridized carbons (Fsp3) is 0. The summed E-state index contributed by atoms with van der Waals surface area (Å²) in [5, 5.41) is 9.81. The molecule has 0 bridgehead atoms. The molecule has 0 saturated heterocycles. The van der Waals surface area contributed by atoms with E-state index >= 15 is 0 Å². The summed E-state index contributed by atoms with van der Waals surface area (Å²) >= 11 is 0. The van der Waals surface area contributed by atoms with Crippen molar-refractivity contribution >= 4 is 5.97 Å². The summed E-state index contributed by atoms with van der Waals surface area (Å²) in [6.45, 7) is 0.259. The number of hydrogen-bond acceptors (Lipinski definition) is 4. The van der Waals surface area contributed by atoms with Crippen molar-refractivity contribution in [1.29, 1.82) is 0 Å². The second-order valence-corrected chi connectivity index (χ2v) is 2.16. The Labute approximate surface area is 74.1 Å². The SMILES string of the molecule is O=C(O[CH][N+](=O)[O-])c1ccccc1. The smallest absolute Gasteiger partial charge is 0.386 e. The molecule has 1 aromatic carbocycles. The molecule has 0 unspecified atom stereocenters. The Morgan fingerprint density at radius 2 is 2.00 bits per heavy atom. The van der Waals surface area contributed by atoms with Gasteiger partial charge in [-0.3, -0.25) is 10.1 Å². The number of carbonyl (C=O) groups excluding carboxylic acids is 1. The quantitative estimate of drug-likeness (QED) is 0.398. The molecule has 1 aromatic rings. The molecular weight excluding hydrogens is 174 g/mol. The van der Waals surface area contributed by atoms with E-state index in [-0.39, 0.29) is 12.3 Å². The van der Waals surface area contributed by atoms with Crippen LogP contribution in [0.3, 0.4) is 0 Å². The van der Waals surface area contributed by atoms with Crippen molar-refractivity contribution < 1.29 is 14.5 Å². The lowest BCUT2D eigenvalue weighted by atomic mass is 10.2. The van der Waals surface area contributed by atoms with Gasteiger partial charge in [-0.1, -0.05) is 18.2 Å². The van der Waals surface area contributed by atoms with Gasteiger partial charge in [0.15, 0.2) is 0 Å². The van der Waals surface area contributed by atoms with Gasteiger partial charge in [-0.25, -0.2) is 4.79 Å². The van der Waals surface area contributed by atoms with Gasteiger partial charge in [0, 0.05) is 0 Å². The molecule has 67 valence electrons. The van der Waals surface area contributed by atoms with E-state index in [1.165, 1.54) is 12.1 Å². The zero-order valence-electron chi connectivity index (χ0n) is 6.54. The summed E-state index contributed by atoms with van der Waals surface area (Å²) in [5.41, 5.74) is 0.278. The van der Waals surface area contributed by atoms with Crippen LogP contribution in [0, 0.1) is 16.8 Å². The van der Waals surface area contributed by atoms with Crippen LogP contribution in [0.2, 0.25) is 0 Å². The molecule has 0 N–H and O–H groups in total. The van der Waals surface area contributed by atoms with Gasteiger partial charge in [-0.15, -0.1) is 0 Å². The average molecular weight is 180 g/mol. The van der Waals surface area contributed by atoms with Gasteiger partial charge in [-0.2, -0.15) is 0 Å². The van der Waals surface area contributed by atoms with Crippen LogP contribution in [-0.4, -0.2) is 10.9 Å². The number of nitrogens with zero attached hydrogens (tertiary/aromatic N) is 1. The third-order valence-corrected chi connectivity index (χ3v) is 1.26. The van der Waals surface area contributed by atoms with Crippen molar-refractivity contribution in [3.8, 4) is 0 Å². The fourth-order valence-electron chi connectivity index (χ4n) is 0.733.